The minimum atomic E-state index is -0.172. The van der Waals surface area contributed by atoms with Gasteiger partial charge in [0.2, 0.25) is 5.69 Å². The molecule has 2 atom stereocenters. The molecule has 2 heteroatoms. The quantitative estimate of drug-likeness (QED) is 0.144. The highest BCUT2D eigenvalue weighted by atomic mass is 15.2. The van der Waals surface area contributed by atoms with Crippen LogP contribution in [-0.4, -0.2) is 23.9 Å². The van der Waals surface area contributed by atoms with Crippen molar-refractivity contribution in [2.24, 2.45) is 5.92 Å². The first-order valence-electron chi connectivity index (χ1n) is 15.8. The normalized spacial score (nSPS) is 22.4. The second kappa shape index (κ2) is 11.2. The second-order valence-electron chi connectivity index (χ2n) is 13.2. The summed E-state index contributed by atoms with van der Waals surface area (Å²) < 4.78 is 2.39. The maximum absolute atomic E-state index is 4.21. The van der Waals surface area contributed by atoms with Gasteiger partial charge in [-0.1, -0.05) is 86.7 Å². The maximum atomic E-state index is 4.21. The average molecular weight is 566 g/mol. The summed E-state index contributed by atoms with van der Waals surface area (Å²) in [7, 11) is 2.21. The summed E-state index contributed by atoms with van der Waals surface area (Å²) in [5, 5.41) is 5.26. The number of hydrogen-bond donors (Lipinski definition) is 0. The topological polar surface area (TPSA) is 6.25 Å². The largest absolute Gasteiger partial charge is 0.344 e. The predicted octanol–water partition coefficient (Wildman–Crippen LogP) is 10.4. The van der Waals surface area contributed by atoms with E-state index in [-0.39, 0.29) is 10.8 Å². The number of allylic oxidation sites excluding steroid dienone is 6. The van der Waals surface area contributed by atoms with Crippen LogP contribution in [0.1, 0.15) is 58.1 Å². The van der Waals surface area contributed by atoms with E-state index in [1.165, 1.54) is 55.5 Å². The molecule has 6 rings (SSSR count). The van der Waals surface area contributed by atoms with Crippen LogP contribution in [0.25, 0.3) is 21.5 Å². The van der Waals surface area contributed by atoms with E-state index >= 15 is 0 Å². The van der Waals surface area contributed by atoms with Gasteiger partial charge in [0.1, 0.15) is 7.05 Å². The molecule has 0 aromatic heterocycles. The summed E-state index contributed by atoms with van der Waals surface area (Å²) in [5.41, 5.74) is 7.76. The zero-order chi connectivity index (χ0) is 30.4. The summed E-state index contributed by atoms with van der Waals surface area (Å²) in [6, 6.07) is 26.8. The van der Waals surface area contributed by atoms with Gasteiger partial charge in [-0.15, -0.1) is 13.2 Å². The lowest BCUT2D eigenvalue weighted by molar-refractivity contribution is -0.401. The Kier molecular flexibility index (Phi) is 7.50. The smallest absolute Gasteiger partial charge is 0.210 e. The van der Waals surface area contributed by atoms with Gasteiger partial charge < -0.3 is 4.90 Å². The second-order valence-corrected chi connectivity index (χ2v) is 13.2. The Bertz CT molecular complexity index is 1830. The molecule has 2 heterocycles. The van der Waals surface area contributed by atoms with Crippen LogP contribution >= 0.6 is 0 Å². The van der Waals surface area contributed by atoms with E-state index in [0.29, 0.717) is 5.92 Å². The SMILES string of the molecule is C=CCC1(C)C(/C=C/C=C2/N(CCC(C)C)c3ccc4ccccc4c3C2(C)CC=C)=[N+](C)c2ccc3ccccc3c21. The zero-order valence-electron chi connectivity index (χ0n) is 26.5. The van der Waals surface area contributed by atoms with Crippen molar-refractivity contribution in [1.82, 2.24) is 0 Å². The van der Waals surface area contributed by atoms with Gasteiger partial charge >= 0.3 is 0 Å². The molecule has 2 unspecified atom stereocenters. The van der Waals surface area contributed by atoms with Gasteiger partial charge in [0.15, 0.2) is 5.71 Å². The van der Waals surface area contributed by atoms with E-state index in [1.807, 2.05) is 0 Å². The van der Waals surface area contributed by atoms with Crippen LogP contribution in [0.4, 0.5) is 11.4 Å². The van der Waals surface area contributed by atoms with E-state index in [2.05, 4.69) is 161 Å². The Hall–Kier alpha value is -4.17. The molecule has 0 spiro atoms. The fourth-order valence-corrected chi connectivity index (χ4v) is 7.79. The van der Waals surface area contributed by atoms with Crippen molar-refractivity contribution in [3.05, 3.63) is 133 Å². The van der Waals surface area contributed by atoms with Crippen LogP contribution in [0.2, 0.25) is 0 Å². The molecule has 0 N–H and O–H groups in total. The Morgan fingerprint density at radius 3 is 2.05 bits per heavy atom. The number of fused-ring (bicyclic) bond motifs is 6. The van der Waals surface area contributed by atoms with Crippen LogP contribution in [0.15, 0.2) is 122 Å². The third-order valence-corrected chi connectivity index (χ3v) is 9.90. The fraction of sp³-hybridized carbons (Fsp3) is 0.293. The van der Waals surface area contributed by atoms with Crippen LogP contribution in [0.5, 0.6) is 0 Å². The van der Waals surface area contributed by atoms with E-state index in [9.17, 15) is 0 Å². The highest BCUT2D eigenvalue weighted by molar-refractivity contribution is 6.08. The molecule has 43 heavy (non-hydrogen) atoms. The first kappa shape index (κ1) is 28.9. The molecule has 4 aromatic rings. The number of hydrogen-bond acceptors (Lipinski definition) is 1. The molecule has 0 amide bonds. The lowest BCUT2D eigenvalue weighted by atomic mass is 9.74. The van der Waals surface area contributed by atoms with Crippen molar-refractivity contribution >= 4 is 38.6 Å². The monoisotopic (exact) mass is 565 g/mol. The molecule has 0 bridgehead atoms. The Morgan fingerprint density at radius 2 is 1.40 bits per heavy atom. The third kappa shape index (κ3) is 4.59. The van der Waals surface area contributed by atoms with Gasteiger partial charge in [0.05, 0.1) is 5.41 Å². The molecular formula is C41H45N2+. The predicted molar refractivity (Wildman–Crippen MR) is 187 cm³/mol. The van der Waals surface area contributed by atoms with Crippen molar-refractivity contribution in [2.45, 2.75) is 57.8 Å². The summed E-state index contributed by atoms with van der Waals surface area (Å²) in [5.74, 6) is 0.627. The van der Waals surface area contributed by atoms with Gasteiger partial charge in [-0.05, 0) is 84.3 Å². The number of nitrogens with zero attached hydrogens (tertiary/aromatic N) is 2. The average Bonchev–Trinajstić information content (AvgIpc) is 3.36. The molecule has 218 valence electrons. The Labute approximate surface area is 258 Å². The fourth-order valence-electron chi connectivity index (χ4n) is 7.79. The van der Waals surface area contributed by atoms with Crippen LogP contribution in [0, 0.1) is 5.92 Å². The zero-order valence-corrected chi connectivity index (χ0v) is 26.5. The molecule has 0 radical (unpaired) electrons. The molecule has 2 aliphatic rings. The molecule has 2 aliphatic heterocycles. The highest BCUT2D eigenvalue weighted by Gasteiger charge is 2.47. The summed E-state index contributed by atoms with van der Waals surface area (Å²) in [6.07, 6.45) is 14.1. The van der Waals surface area contributed by atoms with Gasteiger partial charge in [0.25, 0.3) is 0 Å². The molecular weight excluding hydrogens is 520 g/mol. The van der Waals surface area contributed by atoms with Crippen LogP contribution in [-0.2, 0) is 10.8 Å². The lowest BCUT2D eigenvalue weighted by Gasteiger charge is -2.30. The standard InChI is InChI=1S/C41H45N2/c1-8-26-40(5)36(42(7)34-23-21-30-15-10-12-17-32(30)38(34)40)19-14-20-37-41(6,27-9-2)39-33-18-13-11-16-31(33)22-24-35(39)43(37)28-25-29(3)4/h8-24,29H,1-2,25-28H2,3-7H3/q+1. The summed E-state index contributed by atoms with van der Waals surface area (Å²) in [6.45, 7) is 18.8. The summed E-state index contributed by atoms with van der Waals surface area (Å²) in [4.78, 5) is 2.59. The molecule has 0 aliphatic carbocycles. The number of benzene rings is 4. The van der Waals surface area contributed by atoms with Crippen molar-refractivity contribution in [3.63, 3.8) is 0 Å². The summed E-state index contributed by atoms with van der Waals surface area (Å²) >= 11 is 0. The van der Waals surface area contributed by atoms with Gasteiger partial charge in [-0.2, -0.15) is 4.58 Å². The van der Waals surface area contributed by atoms with E-state index in [0.717, 1.165) is 25.8 Å². The van der Waals surface area contributed by atoms with Gasteiger partial charge in [-0.3, -0.25) is 0 Å². The lowest BCUT2D eigenvalue weighted by Crippen LogP contribution is -2.30. The van der Waals surface area contributed by atoms with E-state index < -0.39 is 0 Å². The highest BCUT2D eigenvalue weighted by Crippen LogP contribution is 2.53. The first-order chi connectivity index (χ1) is 20.7. The minimum Gasteiger partial charge on any atom is -0.344 e. The number of rotatable bonds is 9. The van der Waals surface area contributed by atoms with Gasteiger partial charge in [0, 0.05) is 41.1 Å². The molecule has 0 saturated carbocycles. The number of anilines is 1. The molecule has 4 aromatic carbocycles. The molecule has 0 fully saturated rings. The van der Waals surface area contributed by atoms with Crippen molar-refractivity contribution < 1.29 is 4.58 Å². The van der Waals surface area contributed by atoms with E-state index in [1.54, 1.807) is 0 Å². The maximum Gasteiger partial charge on any atom is 0.210 e. The van der Waals surface area contributed by atoms with E-state index in [4.69, 9.17) is 0 Å². The van der Waals surface area contributed by atoms with Crippen molar-refractivity contribution in [1.29, 1.82) is 0 Å². The molecule has 2 nitrogen and oxygen atoms in total. The Morgan fingerprint density at radius 1 is 0.791 bits per heavy atom. The van der Waals surface area contributed by atoms with Crippen molar-refractivity contribution in [2.75, 3.05) is 18.5 Å². The van der Waals surface area contributed by atoms with Crippen molar-refractivity contribution in [3.8, 4) is 0 Å². The van der Waals surface area contributed by atoms with Gasteiger partial charge in [-0.25, -0.2) is 0 Å². The third-order valence-electron chi connectivity index (χ3n) is 9.90. The minimum absolute atomic E-state index is 0.168. The first-order valence-corrected chi connectivity index (χ1v) is 15.8. The Balaban J connectivity index is 1.49. The molecule has 0 saturated heterocycles. The van der Waals surface area contributed by atoms with Crippen LogP contribution in [0.3, 0.4) is 0 Å². The van der Waals surface area contributed by atoms with Crippen LogP contribution < -0.4 is 4.90 Å².